The van der Waals surface area contributed by atoms with Crippen molar-refractivity contribution < 1.29 is 28.2 Å². The van der Waals surface area contributed by atoms with Gasteiger partial charge in [0.15, 0.2) is 0 Å². The third kappa shape index (κ3) is 11.2. The van der Waals surface area contributed by atoms with Crippen LogP contribution >= 0.6 is 11.8 Å². The molecule has 0 aromatic heterocycles. The van der Waals surface area contributed by atoms with Crippen LogP contribution in [0.4, 0.5) is 0 Å². The third-order valence-corrected chi connectivity index (χ3v) is 7.46. The van der Waals surface area contributed by atoms with Crippen LogP contribution in [-0.4, -0.2) is 48.1 Å². The minimum atomic E-state index is -4.32. The Morgan fingerprint density at radius 2 is 1.56 bits per heavy atom. The zero-order chi connectivity index (χ0) is 25.7. The van der Waals surface area contributed by atoms with Gasteiger partial charge in [-0.2, -0.15) is 16.5 Å². The molecule has 0 saturated carbocycles. The van der Waals surface area contributed by atoms with Crippen LogP contribution in [0.15, 0.2) is 64.1 Å². The van der Waals surface area contributed by atoms with Gasteiger partial charge in [-0.1, -0.05) is 47.1 Å². The average Bonchev–Trinajstić information content (AvgIpc) is 2.75. The molecule has 1 unspecified atom stereocenters. The van der Waals surface area contributed by atoms with Crippen molar-refractivity contribution in [2.75, 3.05) is 11.5 Å². The molecule has 0 aliphatic carbocycles. The summed E-state index contributed by atoms with van der Waals surface area (Å²) in [5.41, 5.74) is 3.46. The molecule has 7 nitrogen and oxygen atoms in total. The molecule has 188 valence electrons. The molecule has 0 bridgehead atoms. The van der Waals surface area contributed by atoms with Crippen molar-refractivity contribution in [3.8, 4) is 0 Å². The van der Waals surface area contributed by atoms with Crippen LogP contribution in [0.3, 0.4) is 0 Å². The van der Waals surface area contributed by atoms with Gasteiger partial charge in [-0.15, -0.1) is 0 Å². The monoisotopic (exact) mass is 509 g/mol. The van der Waals surface area contributed by atoms with Crippen molar-refractivity contribution in [3.05, 3.63) is 64.8 Å². The number of carbonyl (C=O) groups is 2. The van der Waals surface area contributed by atoms with Crippen molar-refractivity contribution in [1.82, 2.24) is 4.72 Å². The van der Waals surface area contributed by atoms with Gasteiger partial charge in [0.2, 0.25) is 10.0 Å². The number of carboxylic acid groups (broad SMARTS) is 2. The molecule has 1 rings (SSSR count). The highest BCUT2D eigenvalue weighted by Crippen LogP contribution is 2.17. The Hall–Kier alpha value is -2.36. The summed E-state index contributed by atoms with van der Waals surface area (Å²) in [5, 5.41) is 18.7. The molecule has 0 fully saturated rings. The second kappa shape index (κ2) is 14.8. The number of benzene rings is 1. The predicted molar refractivity (Wildman–Crippen MR) is 138 cm³/mol. The molecule has 0 aliphatic rings. The fourth-order valence-corrected chi connectivity index (χ4v) is 5.50. The van der Waals surface area contributed by atoms with E-state index in [4.69, 9.17) is 0 Å². The lowest BCUT2D eigenvalue weighted by Gasteiger charge is -2.15. The van der Waals surface area contributed by atoms with Gasteiger partial charge in [-0.3, -0.25) is 4.79 Å². The highest BCUT2D eigenvalue weighted by atomic mass is 32.2. The average molecular weight is 510 g/mol. The lowest BCUT2D eigenvalue weighted by atomic mass is 10.1. The fraction of sp³-hybridized carbons (Fsp3) is 0.440. The molecule has 0 aliphatic heterocycles. The third-order valence-electron chi connectivity index (χ3n) is 4.96. The van der Waals surface area contributed by atoms with Crippen LogP contribution in [0.1, 0.15) is 63.7 Å². The molecular weight excluding hydrogens is 474 g/mol. The van der Waals surface area contributed by atoms with E-state index >= 15 is 0 Å². The van der Waals surface area contributed by atoms with Crippen LogP contribution in [0, 0.1) is 0 Å². The molecule has 34 heavy (non-hydrogen) atoms. The number of carboxylic acids is 2. The number of aromatic carboxylic acids is 1. The van der Waals surface area contributed by atoms with Crippen LogP contribution in [0.25, 0.3) is 0 Å². The summed E-state index contributed by atoms with van der Waals surface area (Å²) in [4.78, 5) is 22.5. The Balaban J connectivity index is 2.60. The maximum Gasteiger partial charge on any atom is 0.337 e. The van der Waals surface area contributed by atoms with E-state index < -0.39 is 38.5 Å². The normalized spacial score (nSPS) is 13.4. The summed E-state index contributed by atoms with van der Waals surface area (Å²) in [6, 6.07) is 3.72. The molecule has 3 N–H and O–H groups in total. The first kappa shape index (κ1) is 29.7. The summed E-state index contributed by atoms with van der Waals surface area (Å²) in [6.45, 7) is 8.34. The molecule has 0 spiro atoms. The first-order chi connectivity index (χ1) is 15.9. The standard InChI is InChI=1S/C25H35NO6S2/c1-18(2)9-7-10-19(3)11-8-12-20(4)15-16-33-17-22(25(29)30)26-34(31,32)23-14-6-5-13-21(23)24(27)28/h5-6,9,11,13-15,22,26H,7-8,10,12,16-17H2,1-4H3,(H,27,28)(H,29,30). The van der Waals surface area contributed by atoms with Crippen molar-refractivity contribution >= 4 is 33.7 Å². The molecule has 0 heterocycles. The van der Waals surface area contributed by atoms with E-state index in [1.165, 1.54) is 40.6 Å². The van der Waals surface area contributed by atoms with Gasteiger partial charge in [0.05, 0.1) is 10.5 Å². The van der Waals surface area contributed by atoms with Gasteiger partial charge in [0, 0.05) is 11.5 Å². The number of nitrogens with one attached hydrogen (secondary N) is 1. The minimum absolute atomic E-state index is 0.0109. The Kier molecular flexibility index (Phi) is 12.9. The lowest BCUT2D eigenvalue weighted by molar-refractivity contribution is -0.138. The van der Waals surface area contributed by atoms with Gasteiger partial charge in [0.25, 0.3) is 0 Å². The van der Waals surface area contributed by atoms with Crippen molar-refractivity contribution in [3.63, 3.8) is 0 Å². The highest BCUT2D eigenvalue weighted by molar-refractivity contribution is 7.99. The van der Waals surface area contributed by atoms with E-state index in [2.05, 4.69) is 37.6 Å². The Morgan fingerprint density at radius 1 is 0.971 bits per heavy atom. The lowest BCUT2D eigenvalue weighted by Crippen LogP contribution is -2.43. The summed E-state index contributed by atoms with van der Waals surface area (Å²) in [6.07, 6.45) is 10.4. The van der Waals surface area contributed by atoms with Gasteiger partial charge in [-0.05, 0) is 65.5 Å². The quantitative estimate of drug-likeness (QED) is 0.218. The van der Waals surface area contributed by atoms with E-state index in [1.54, 1.807) is 0 Å². The SMILES string of the molecule is CC(C)=CCCC(C)=CCCC(C)=CCSCC(NS(=O)(=O)c1ccccc1C(=O)O)C(=O)O. The van der Waals surface area contributed by atoms with Crippen LogP contribution in [0.2, 0.25) is 0 Å². The topological polar surface area (TPSA) is 121 Å². The van der Waals surface area contributed by atoms with Crippen molar-refractivity contribution in [1.29, 1.82) is 0 Å². The first-order valence-corrected chi connectivity index (χ1v) is 13.7. The molecule has 0 amide bonds. The number of hydrogen-bond donors (Lipinski definition) is 3. The Morgan fingerprint density at radius 3 is 2.15 bits per heavy atom. The van der Waals surface area contributed by atoms with Crippen molar-refractivity contribution in [2.45, 2.75) is 64.3 Å². The number of aliphatic carboxylic acids is 1. The van der Waals surface area contributed by atoms with E-state index in [0.717, 1.165) is 37.8 Å². The van der Waals surface area contributed by atoms with Gasteiger partial charge in [0.1, 0.15) is 6.04 Å². The second-order valence-electron chi connectivity index (χ2n) is 8.31. The number of hydrogen-bond acceptors (Lipinski definition) is 5. The van der Waals surface area contributed by atoms with Gasteiger partial charge < -0.3 is 10.2 Å². The molecule has 1 atom stereocenters. The predicted octanol–water partition coefficient (Wildman–Crippen LogP) is 5.27. The van der Waals surface area contributed by atoms with Gasteiger partial charge >= 0.3 is 11.9 Å². The second-order valence-corrected chi connectivity index (χ2v) is 11.1. The Bertz CT molecular complexity index is 1040. The highest BCUT2D eigenvalue weighted by Gasteiger charge is 2.28. The van der Waals surface area contributed by atoms with E-state index in [9.17, 15) is 28.2 Å². The molecule has 0 radical (unpaired) electrons. The van der Waals surface area contributed by atoms with E-state index in [0.29, 0.717) is 5.75 Å². The molecule has 1 aromatic carbocycles. The smallest absolute Gasteiger partial charge is 0.337 e. The van der Waals surface area contributed by atoms with E-state index in [-0.39, 0.29) is 5.75 Å². The zero-order valence-corrected chi connectivity index (χ0v) is 21.8. The van der Waals surface area contributed by atoms with Gasteiger partial charge in [-0.25, -0.2) is 13.2 Å². The molecular formula is C25H35NO6S2. The largest absolute Gasteiger partial charge is 0.480 e. The summed E-state index contributed by atoms with van der Waals surface area (Å²) >= 11 is 1.30. The minimum Gasteiger partial charge on any atom is -0.480 e. The summed E-state index contributed by atoms with van der Waals surface area (Å²) in [7, 11) is -4.32. The molecule has 0 saturated heterocycles. The number of rotatable bonds is 15. The summed E-state index contributed by atoms with van der Waals surface area (Å²) < 4.78 is 27.4. The maximum absolute atomic E-state index is 12.6. The van der Waals surface area contributed by atoms with Crippen molar-refractivity contribution in [2.24, 2.45) is 0 Å². The zero-order valence-electron chi connectivity index (χ0n) is 20.2. The maximum atomic E-state index is 12.6. The number of allylic oxidation sites excluding steroid dienone is 5. The first-order valence-electron chi connectivity index (χ1n) is 11.0. The fourth-order valence-electron chi connectivity index (χ4n) is 3.01. The van der Waals surface area contributed by atoms with Crippen LogP contribution in [0.5, 0.6) is 0 Å². The number of thioether (sulfide) groups is 1. The summed E-state index contributed by atoms with van der Waals surface area (Å²) in [5.74, 6) is -2.16. The number of sulfonamides is 1. The van der Waals surface area contributed by atoms with Crippen LogP contribution in [-0.2, 0) is 14.8 Å². The molecule has 1 aromatic rings. The Labute approximate surface area is 207 Å². The molecule has 9 heteroatoms. The van der Waals surface area contributed by atoms with E-state index in [1.807, 2.05) is 13.0 Å². The van der Waals surface area contributed by atoms with Crippen LogP contribution < -0.4 is 4.72 Å².